The summed E-state index contributed by atoms with van der Waals surface area (Å²) in [6, 6.07) is 1.76. The molecule has 0 unspecified atom stereocenters. The molecular weight excluding hydrogens is 252 g/mol. The van der Waals surface area contributed by atoms with Gasteiger partial charge in [-0.25, -0.2) is 4.98 Å². The molecular formula is C13H17ClN2O2. The zero-order valence-electron chi connectivity index (χ0n) is 10.8. The third-order valence-corrected chi connectivity index (χ3v) is 2.72. The number of hydrogen-bond acceptors (Lipinski definition) is 4. The topological polar surface area (TPSA) is 51.2 Å². The summed E-state index contributed by atoms with van der Waals surface area (Å²) in [6.07, 6.45) is 3.94. The summed E-state index contributed by atoms with van der Waals surface area (Å²) in [5, 5.41) is 3.71. The molecule has 0 atom stereocenters. The fourth-order valence-corrected chi connectivity index (χ4v) is 1.77. The lowest BCUT2D eigenvalue weighted by Crippen LogP contribution is -2.37. The number of halogens is 1. The van der Waals surface area contributed by atoms with Crippen LogP contribution in [0.3, 0.4) is 0 Å². The van der Waals surface area contributed by atoms with Crippen LogP contribution in [-0.4, -0.2) is 17.1 Å². The van der Waals surface area contributed by atoms with Crippen LogP contribution in [0.1, 0.15) is 26.7 Å². The molecule has 2 rings (SSSR count). The van der Waals surface area contributed by atoms with Gasteiger partial charge >= 0.3 is 0 Å². The minimum absolute atomic E-state index is 0.100. The van der Waals surface area contributed by atoms with Gasteiger partial charge in [0.25, 0.3) is 0 Å². The van der Waals surface area contributed by atoms with E-state index >= 15 is 0 Å². The molecule has 2 aromatic heterocycles. The van der Waals surface area contributed by atoms with E-state index in [9.17, 15) is 0 Å². The van der Waals surface area contributed by atoms with Gasteiger partial charge in [-0.15, -0.1) is 0 Å². The van der Waals surface area contributed by atoms with Crippen LogP contribution in [0.4, 0.5) is 0 Å². The Morgan fingerprint density at radius 2 is 2.17 bits per heavy atom. The van der Waals surface area contributed by atoms with E-state index in [1.165, 1.54) is 6.26 Å². The number of nitrogens with one attached hydrogen (secondary N) is 1. The minimum Gasteiger partial charge on any atom is -0.452 e. The molecule has 5 heteroatoms. The van der Waals surface area contributed by atoms with E-state index in [-0.39, 0.29) is 5.54 Å². The van der Waals surface area contributed by atoms with Crippen molar-refractivity contribution in [2.24, 2.45) is 0 Å². The first kappa shape index (κ1) is 13.2. The van der Waals surface area contributed by atoms with Gasteiger partial charge in [0.1, 0.15) is 0 Å². The summed E-state index contributed by atoms with van der Waals surface area (Å²) in [5.74, 6) is 1.33. The number of oxazole rings is 1. The molecule has 1 N–H and O–H groups in total. The maximum atomic E-state index is 5.88. The monoisotopic (exact) mass is 268 g/mol. The molecule has 0 aliphatic carbocycles. The molecule has 0 aliphatic rings. The smallest absolute Gasteiger partial charge is 0.204 e. The van der Waals surface area contributed by atoms with Gasteiger partial charge in [0.05, 0.1) is 18.0 Å². The number of furan rings is 1. The lowest BCUT2D eigenvalue weighted by molar-refractivity contribution is 0.411. The van der Waals surface area contributed by atoms with E-state index in [1.807, 2.05) is 0 Å². The summed E-state index contributed by atoms with van der Waals surface area (Å²) in [5.41, 5.74) is 0.836. The van der Waals surface area contributed by atoms with E-state index < -0.39 is 0 Å². The molecule has 0 saturated heterocycles. The molecule has 0 bridgehead atoms. The lowest BCUT2D eigenvalue weighted by atomic mass is 10.1. The van der Waals surface area contributed by atoms with Crippen molar-refractivity contribution in [2.75, 3.05) is 6.54 Å². The standard InChI is InChI=1S/C13H17ClN2O2/c1-13(2,3)16-6-4-11-15-8-10(18-11)9-5-7-17-12(9)14/h5,7-8,16H,4,6H2,1-3H3. The molecule has 0 fully saturated rings. The molecule has 0 spiro atoms. The van der Waals surface area contributed by atoms with Crippen LogP contribution in [0.2, 0.25) is 5.22 Å². The highest BCUT2D eigenvalue weighted by Gasteiger charge is 2.13. The number of hydrogen-bond donors (Lipinski definition) is 1. The Morgan fingerprint density at radius 1 is 1.39 bits per heavy atom. The van der Waals surface area contributed by atoms with Crippen molar-refractivity contribution in [2.45, 2.75) is 32.7 Å². The zero-order valence-corrected chi connectivity index (χ0v) is 11.5. The minimum atomic E-state index is 0.100. The Hall–Kier alpha value is -1.26. The van der Waals surface area contributed by atoms with Gasteiger partial charge in [0.15, 0.2) is 11.7 Å². The highest BCUT2D eigenvalue weighted by molar-refractivity contribution is 6.31. The molecule has 98 valence electrons. The molecule has 18 heavy (non-hydrogen) atoms. The molecule has 0 aromatic carbocycles. The van der Waals surface area contributed by atoms with Crippen LogP contribution in [0, 0.1) is 0 Å². The molecule has 2 aromatic rings. The van der Waals surface area contributed by atoms with E-state index in [1.54, 1.807) is 12.3 Å². The Balaban J connectivity index is 1.97. The SMILES string of the molecule is CC(C)(C)NCCc1ncc(-c2ccoc2Cl)o1. The van der Waals surface area contributed by atoms with Gasteiger partial charge in [0.2, 0.25) is 5.22 Å². The highest BCUT2D eigenvalue weighted by atomic mass is 35.5. The van der Waals surface area contributed by atoms with Gasteiger partial charge in [-0.2, -0.15) is 0 Å². The van der Waals surface area contributed by atoms with Crippen LogP contribution in [-0.2, 0) is 6.42 Å². The van der Waals surface area contributed by atoms with Crippen LogP contribution < -0.4 is 5.32 Å². The molecule has 4 nitrogen and oxygen atoms in total. The predicted molar refractivity (Wildman–Crippen MR) is 70.7 cm³/mol. The third kappa shape index (κ3) is 3.37. The van der Waals surface area contributed by atoms with Crippen molar-refractivity contribution < 1.29 is 8.83 Å². The summed E-state index contributed by atoms with van der Waals surface area (Å²) in [7, 11) is 0. The number of rotatable bonds is 4. The van der Waals surface area contributed by atoms with Crippen molar-refractivity contribution in [3.05, 3.63) is 29.6 Å². The second-order valence-corrected chi connectivity index (χ2v) is 5.50. The van der Waals surface area contributed by atoms with Gasteiger partial charge in [-0.3, -0.25) is 0 Å². The van der Waals surface area contributed by atoms with E-state index in [4.69, 9.17) is 20.4 Å². The first-order chi connectivity index (χ1) is 8.46. The first-order valence-corrected chi connectivity index (χ1v) is 6.26. The summed E-state index contributed by atoms with van der Waals surface area (Å²) in [6.45, 7) is 7.19. The molecule has 0 aliphatic heterocycles. The van der Waals surface area contributed by atoms with Crippen molar-refractivity contribution in [3.8, 4) is 11.3 Å². The Bertz CT molecular complexity index is 511. The molecule has 2 heterocycles. The van der Waals surface area contributed by atoms with Crippen molar-refractivity contribution in [3.63, 3.8) is 0 Å². The highest BCUT2D eigenvalue weighted by Crippen LogP contribution is 2.29. The zero-order chi connectivity index (χ0) is 13.2. The van der Waals surface area contributed by atoms with Crippen molar-refractivity contribution >= 4 is 11.6 Å². The van der Waals surface area contributed by atoms with Gasteiger partial charge in [0, 0.05) is 18.5 Å². The lowest BCUT2D eigenvalue weighted by Gasteiger charge is -2.19. The largest absolute Gasteiger partial charge is 0.452 e. The summed E-state index contributed by atoms with van der Waals surface area (Å²) >= 11 is 5.88. The van der Waals surface area contributed by atoms with Gasteiger partial charge in [-0.05, 0) is 38.4 Å². The third-order valence-electron chi connectivity index (χ3n) is 2.43. The second kappa shape index (κ2) is 5.16. The predicted octanol–water partition coefficient (Wildman–Crippen LogP) is 3.52. The van der Waals surface area contributed by atoms with E-state index in [0.717, 1.165) is 18.5 Å². The Morgan fingerprint density at radius 3 is 2.78 bits per heavy atom. The first-order valence-electron chi connectivity index (χ1n) is 5.89. The van der Waals surface area contributed by atoms with Crippen LogP contribution in [0.5, 0.6) is 0 Å². The van der Waals surface area contributed by atoms with Gasteiger partial charge < -0.3 is 14.2 Å². The van der Waals surface area contributed by atoms with Crippen molar-refractivity contribution in [1.82, 2.24) is 10.3 Å². The number of aromatic nitrogens is 1. The normalized spacial score (nSPS) is 12.0. The Labute approximate surface area is 111 Å². The average Bonchev–Trinajstić information content (AvgIpc) is 2.84. The average molecular weight is 269 g/mol. The maximum Gasteiger partial charge on any atom is 0.204 e. The second-order valence-electron chi connectivity index (χ2n) is 5.15. The van der Waals surface area contributed by atoms with E-state index in [2.05, 4.69) is 31.1 Å². The quantitative estimate of drug-likeness (QED) is 0.922. The van der Waals surface area contributed by atoms with E-state index in [0.29, 0.717) is 16.9 Å². The molecule has 0 saturated carbocycles. The fourth-order valence-electron chi connectivity index (χ4n) is 1.56. The summed E-state index contributed by atoms with van der Waals surface area (Å²) in [4.78, 5) is 4.23. The van der Waals surface area contributed by atoms with Crippen LogP contribution in [0.15, 0.2) is 27.4 Å². The van der Waals surface area contributed by atoms with Gasteiger partial charge in [-0.1, -0.05) is 0 Å². The Kier molecular flexibility index (Phi) is 3.78. The fraction of sp³-hybridized carbons (Fsp3) is 0.462. The maximum absolute atomic E-state index is 5.88. The molecule has 0 radical (unpaired) electrons. The van der Waals surface area contributed by atoms with Crippen molar-refractivity contribution in [1.29, 1.82) is 0 Å². The number of nitrogens with zero attached hydrogens (tertiary/aromatic N) is 1. The molecule has 0 amide bonds. The van der Waals surface area contributed by atoms with Crippen LogP contribution in [0.25, 0.3) is 11.3 Å². The van der Waals surface area contributed by atoms with Crippen LogP contribution >= 0.6 is 11.6 Å². The summed E-state index contributed by atoms with van der Waals surface area (Å²) < 4.78 is 10.6.